The molecule has 0 nitrogen and oxygen atoms in total. The molecule has 0 aromatic heterocycles. The molecule has 0 bridgehead atoms. The molecule has 0 aliphatic heterocycles. The van der Waals surface area contributed by atoms with E-state index in [1.54, 1.807) is 35.9 Å². The van der Waals surface area contributed by atoms with Crippen molar-refractivity contribution in [1.29, 1.82) is 0 Å². The summed E-state index contributed by atoms with van der Waals surface area (Å²) in [7, 11) is 0. The fourth-order valence-electron chi connectivity index (χ4n) is 3.69. The van der Waals surface area contributed by atoms with Gasteiger partial charge in [0.2, 0.25) is 0 Å². The fourth-order valence-corrected chi connectivity index (χ4v) is 3.69. The third-order valence-electron chi connectivity index (χ3n) is 5.40. The third kappa shape index (κ3) is 19.3. The van der Waals surface area contributed by atoms with Crippen LogP contribution in [0.4, 0.5) is 0 Å². The lowest BCUT2D eigenvalue weighted by Gasteiger charge is -2.47. The molecule has 0 heterocycles. The minimum absolute atomic E-state index is 0.245. The van der Waals surface area contributed by atoms with Crippen LogP contribution in [0.3, 0.4) is 0 Å². The Morgan fingerprint density at radius 3 is 1.39 bits per heavy atom. The van der Waals surface area contributed by atoms with E-state index in [0.717, 1.165) is 0 Å². The van der Waals surface area contributed by atoms with Crippen LogP contribution in [0.1, 0.15) is 100 Å². The van der Waals surface area contributed by atoms with E-state index < -0.39 is 0 Å². The highest BCUT2D eigenvalue weighted by atomic mass is 14.5. The topological polar surface area (TPSA) is 0 Å². The summed E-state index contributed by atoms with van der Waals surface area (Å²) >= 11 is 0. The number of allylic oxidation sites excluding steroid dienone is 11. The molecule has 2 aliphatic rings. The second-order valence-corrected chi connectivity index (χ2v) is 7.99. The lowest BCUT2D eigenvalue weighted by atomic mass is 9.57. The van der Waals surface area contributed by atoms with Crippen molar-refractivity contribution in [3.05, 3.63) is 135 Å². The minimum atomic E-state index is 0.245. The summed E-state index contributed by atoms with van der Waals surface area (Å²) < 4.78 is 0. The molecule has 0 heteroatoms. The first kappa shape index (κ1) is 45.1. The number of hydrogen-bond donors (Lipinski definition) is 0. The van der Waals surface area contributed by atoms with Crippen LogP contribution < -0.4 is 0 Å². The minimum Gasteiger partial charge on any atom is -0.103 e. The predicted molar refractivity (Wildman–Crippen MR) is 184 cm³/mol. The molecule has 0 N–H and O–H groups in total. The Labute approximate surface area is 241 Å². The van der Waals surface area contributed by atoms with Crippen molar-refractivity contribution < 1.29 is 0 Å². The Morgan fingerprint density at radius 1 is 0.658 bits per heavy atom. The maximum Gasteiger partial charge on any atom is -0.00320 e. The van der Waals surface area contributed by atoms with Crippen LogP contribution in [-0.2, 0) is 5.41 Å². The Bertz CT molecular complexity index is 739. The molecule has 1 aromatic carbocycles. The van der Waals surface area contributed by atoms with E-state index in [9.17, 15) is 0 Å². The van der Waals surface area contributed by atoms with Crippen LogP contribution in [0.15, 0.2) is 124 Å². The Morgan fingerprint density at radius 2 is 1.03 bits per heavy atom. The molecule has 1 aromatic rings. The van der Waals surface area contributed by atoms with Gasteiger partial charge >= 0.3 is 0 Å². The van der Waals surface area contributed by atoms with Crippen molar-refractivity contribution in [3.63, 3.8) is 0 Å². The molecule has 0 amide bonds. The molecule has 0 saturated carbocycles. The first-order valence-electron chi connectivity index (χ1n) is 14.3. The molecule has 0 fully saturated rings. The molecule has 2 aliphatic carbocycles. The molecule has 3 unspecified atom stereocenters. The van der Waals surface area contributed by atoms with Gasteiger partial charge in [-0.15, -0.1) is 6.58 Å². The van der Waals surface area contributed by atoms with E-state index >= 15 is 0 Å². The van der Waals surface area contributed by atoms with Gasteiger partial charge in [0, 0.05) is 0 Å². The van der Waals surface area contributed by atoms with E-state index in [4.69, 9.17) is 0 Å². The van der Waals surface area contributed by atoms with Crippen LogP contribution in [0.25, 0.3) is 0 Å². The van der Waals surface area contributed by atoms with E-state index in [-0.39, 0.29) is 5.41 Å². The van der Waals surface area contributed by atoms with Gasteiger partial charge in [-0.1, -0.05) is 180 Å². The molecular weight excluding hydrogens is 456 g/mol. The molecule has 0 saturated heterocycles. The lowest BCUT2D eigenvalue weighted by Crippen LogP contribution is -2.40. The van der Waals surface area contributed by atoms with E-state index in [2.05, 4.69) is 102 Å². The second kappa shape index (κ2) is 34.1. The third-order valence-corrected chi connectivity index (χ3v) is 5.40. The molecule has 3 rings (SSSR count). The van der Waals surface area contributed by atoms with Gasteiger partial charge in [-0.2, -0.15) is 0 Å². The Hall–Kier alpha value is -2.86. The van der Waals surface area contributed by atoms with Gasteiger partial charge < -0.3 is 0 Å². The molecule has 3 atom stereocenters. The average molecular weight is 521 g/mol. The molecule has 216 valence electrons. The predicted octanol–water partition coefficient (Wildman–Crippen LogP) is 13.0. The summed E-state index contributed by atoms with van der Waals surface area (Å²) in [6.07, 6.45) is 21.5. The van der Waals surface area contributed by atoms with Crippen molar-refractivity contribution in [3.8, 4) is 0 Å². The summed E-state index contributed by atoms with van der Waals surface area (Å²) in [4.78, 5) is 0. The Kier molecular flexibility index (Phi) is 40.5. The second-order valence-electron chi connectivity index (χ2n) is 7.99. The van der Waals surface area contributed by atoms with Gasteiger partial charge in [0.05, 0.1) is 0 Å². The number of rotatable bonds is 2. The summed E-state index contributed by atoms with van der Waals surface area (Å²) in [6.45, 7) is 41.8. The monoisotopic (exact) mass is 521 g/mol. The smallest absolute Gasteiger partial charge is 0.00320 e. The highest BCUT2D eigenvalue weighted by Crippen LogP contribution is 2.51. The maximum atomic E-state index is 3.36. The molecule has 38 heavy (non-hydrogen) atoms. The lowest BCUT2D eigenvalue weighted by molar-refractivity contribution is 0.249. The first-order valence-corrected chi connectivity index (χ1v) is 14.3. The van der Waals surface area contributed by atoms with Crippen LogP contribution in [-0.4, -0.2) is 0 Å². The van der Waals surface area contributed by atoms with Crippen LogP contribution >= 0.6 is 0 Å². The summed E-state index contributed by atoms with van der Waals surface area (Å²) in [6, 6.07) is 8.97. The first-order chi connectivity index (χ1) is 18.3. The largest absolute Gasteiger partial charge is 0.103 e. The molecular formula is C38H64. The summed E-state index contributed by atoms with van der Waals surface area (Å²) in [5.74, 6) is 1.92. The SMILES string of the molecule is C/C=C\C.C=CC.C=CC=C.C=CC=C.CC.CC.CC.CC1c2ccccc2C(C)(C)C2C=CC=CC12. The van der Waals surface area contributed by atoms with Crippen LogP contribution in [0.2, 0.25) is 0 Å². The van der Waals surface area contributed by atoms with Gasteiger partial charge in [-0.3, -0.25) is 0 Å². The van der Waals surface area contributed by atoms with Gasteiger partial charge in [0.25, 0.3) is 0 Å². The van der Waals surface area contributed by atoms with Crippen molar-refractivity contribution in [2.45, 2.75) is 94.4 Å². The van der Waals surface area contributed by atoms with Crippen molar-refractivity contribution in [1.82, 2.24) is 0 Å². The van der Waals surface area contributed by atoms with Crippen LogP contribution in [0.5, 0.6) is 0 Å². The standard InChI is InChI=1S/C17H20.C4H8.2C4H6.C3H6.3C2H6/c1-12-13-8-4-6-10-15(13)17(2,3)16-11-7-5-9-14(12)16;3*1-3-4-2;1-3-2;3*1-2/h4-13,15H,1-3H3;3-4H,1-2H3;2*3-4H,1-2H2;3H,1H2,2H3;3*1-2H3/b;4-3-;;;;;;. The normalized spacial score (nSPS) is 17.6. The van der Waals surface area contributed by atoms with Gasteiger partial charge in [0.1, 0.15) is 0 Å². The number of benzene rings is 1. The van der Waals surface area contributed by atoms with E-state index in [0.29, 0.717) is 17.8 Å². The highest BCUT2D eigenvalue weighted by Gasteiger charge is 2.43. The average Bonchev–Trinajstić information content (AvgIpc) is 3.00. The summed E-state index contributed by atoms with van der Waals surface area (Å²) in [5, 5.41) is 0. The summed E-state index contributed by atoms with van der Waals surface area (Å²) in [5.41, 5.74) is 3.32. The number of hydrogen-bond acceptors (Lipinski definition) is 0. The quantitative estimate of drug-likeness (QED) is 0.269. The van der Waals surface area contributed by atoms with E-state index in [1.807, 2.05) is 74.5 Å². The zero-order chi connectivity index (χ0) is 31.0. The fraction of sp³-hybridized carbons (Fsp3) is 0.421. The zero-order valence-electron chi connectivity index (χ0n) is 27.4. The van der Waals surface area contributed by atoms with Gasteiger partial charge in [0.15, 0.2) is 0 Å². The van der Waals surface area contributed by atoms with Crippen LogP contribution in [0, 0.1) is 11.8 Å². The van der Waals surface area contributed by atoms with Gasteiger partial charge in [-0.05, 0) is 55.1 Å². The maximum absolute atomic E-state index is 3.36. The number of fused-ring (bicyclic) bond motifs is 2. The van der Waals surface area contributed by atoms with Crippen molar-refractivity contribution in [2.24, 2.45) is 11.8 Å². The van der Waals surface area contributed by atoms with E-state index in [1.165, 1.54) is 5.56 Å². The molecule has 0 radical (unpaired) electrons. The zero-order valence-corrected chi connectivity index (χ0v) is 27.4. The highest BCUT2D eigenvalue weighted by molar-refractivity contribution is 5.43. The Balaban J connectivity index is -0.000000144. The molecule has 0 spiro atoms. The van der Waals surface area contributed by atoms with Crippen molar-refractivity contribution >= 4 is 0 Å². The van der Waals surface area contributed by atoms with Gasteiger partial charge in [-0.25, -0.2) is 0 Å². The van der Waals surface area contributed by atoms with Crippen molar-refractivity contribution in [2.75, 3.05) is 0 Å².